The first-order valence-electron chi connectivity index (χ1n) is 5.69. The lowest BCUT2D eigenvalue weighted by Gasteiger charge is -2.25. The van der Waals surface area contributed by atoms with Crippen molar-refractivity contribution in [2.45, 2.75) is 32.7 Å². The Hall–Kier alpha value is -2.04. The van der Waals surface area contributed by atoms with E-state index in [1.165, 1.54) is 0 Å². The highest BCUT2D eigenvalue weighted by atomic mass is 16.2. The number of hydrogen-bond acceptors (Lipinski definition) is 3. The smallest absolute Gasteiger partial charge is 0.254 e. The molecule has 0 saturated heterocycles. The van der Waals surface area contributed by atoms with Crippen molar-refractivity contribution in [3.8, 4) is 0 Å². The maximum absolute atomic E-state index is 12.1. The summed E-state index contributed by atoms with van der Waals surface area (Å²) in [4.78, 5) is 23.1. The Morgan fingerprint density at radius 2 is 1.94 bits per heavy atom. The predicted molar refractivity (Wildman–Crippen MR) is 70.9 cm³/mol. The predicted octanol–water partition coefficient (Wildman–Crippen LogP) is 0.961. The Bertz CT molecular complexity index is 461. The summed E-state index contributed by atoms with van der Waals surface area (Å²) in [5.41, 5.74) is 11.9. The van der Waals surface area contributed by atoms with Crippen LogP contribution >= 0.6 is 0 Å². The summed E-state index contributed by atoms with van der Waals surface area (Å²) >= 11 is 0. The number of hydrogen-bond donors (Lipinski definition) is 3. The third-order valence-electron chi connectivity index (χ3n) is 2.60. The van der Waals surface area contributed by atoms with Crippen LogP contribution in [-0.4, -0.2) is 17.4 Å². The molecule has 0 aliphatic carbocycles. The molecular weight excluding hydrogens is 230 g/mol. The number of nitrogens with one attached hydrogen (secondary N) is 1. The van der Waals surface area contributed by atoms with Crippen molar-refractivity contribution in [2.75, 3.05) is 5.73 Å². The highest BCUT2D eigenvalue weighted by Gasteiger charge is 2.24. The number of anilines is 1. The SMILES string of the molecule is Cc1cccc(N)c1C(=O)NC(C)(C)CC(N)=O. The van der Waals surface area contributed by atoms with Gasteiger partial charge < -0.3 is 16.8 Å². The average molecular weight is 249 g/mol. The molecule has 1 aromatic rings. The van der Waals surface area contributed by atoms with Crippen molar-refractivity contribution >= 4 is 17.5 Å². The number of rotatable bonds is 4. The van der Waals surface area contributed by atoms with Crippen LogP contribution in [0.2, 0.25) is 0 Å². The molecule has 0 aliphatic heterocycles. The van der Waals surface area contributed by atoms with E-state index in [0.29, 0.717) is 11.3 Å². The molecule has 5 N–H and O–H groups in total. The molecule has 5 nitrogen and oxygen atoms in total. The van der Waals surface area contributed by atoms with E-state index in [1.54, 1.807) is 26.0 Å². The number of benzene rings is 1. The number of carbonyl (C=O) groups excluding carboxylic acids is 2. The van der Waals surface area contributed by atoms with Crippen molar-refractivity contribution in [2.24, 2.45) is 5.73 Å². The van der Waals surface area contributed by atoms with Gasteiger partial charge in [-0.1, -0.05) is 12.1 Å². The molecule has 0 aliphatic rings. The summed E-state index contributed by atoms with van der Waals surface area (Å²) in [5.74, 6) is -0.755. The Kier molecular flexibility index (Phi) is 3.96. The number of aryl methyl sites for hydroxylation is 1. The van der Waals surface area contributed by atoms with Gasteiger partial charge in [0.05, 0.1) is 5.56 Å². The molecular formula is C13H19N3O2. The van der Waals surface area contributed by atoms with Crippen LogP contribution in [0.15, 0.2) is 18.2 Å². The van der Waals surface area contributed by atoms with Crippen LogP contribution in [0.1, 0.15) is 36.2 Å². The molecule has 0 aromatic heterocycles. The van der Waals surface area contributed by atoms with Gasteiger partial charge in [0, 0.05) is 17.6 Å². The largest absolute Gasteiger partial charge is 0.398 e. The lowest BCUT2D eigenvalue weighted by atomic mass is 9.98. The standard InChI is InChI=1S/C13H19N3O2/c1-8-5-4-6-9(14)11(8)12(18)16-13(2,3)7-10(15)17/h4-6H,7,14H2,1-3H3,(H2,15,17)(H,16,18). The molecule has 0 bridgehead atoms. The monoisotopic (exact) mass is 249 g/mol. The number of nitrogens with two attached hydrogens (primary N) is 2. The molecule has 0 fully saturated rings. The van der Waals surface area contributed by atoms with Gasteiger partial charge >= 0.3 is 0 Å². The number of primary amides is 1. The summed E-state index contributed by atoms with van der Waals surface area (Å²) in [6, 6.07) is 5.27. The van der Waals surface area contributed by atoms with E-state index >= 15 is 0 Å². The van der Waals surface area contributed by atoms with Crippen LogP contribution in [0.4, 0.5) is 5.69 Å². The molecule has 0 radical (unpaired) electrons. The topological polar surface area (TPSA) is 98.2 Å². The first kappa shape index (κ1) is 14.0. The number of amides is 2. The van der Waals surface area contributed by atoms with E-state index in [2.05, 4.69) is 5.32 Å². The normalized spacial score (nSPS) is 11.1. The van der Waals surface area contributed by atoms with Crippen molar-refractivity contribution in [3.05, 3.63) is 29.3 Å². The van der Waals surface area contributed by atoms with Gasteiger partial charge in [0.1, 0.15) is 0 Å². The lowest BCUT2D eigenvalue weighted by molar-refractivity contribution is -0.119. The fraction of sp³-hybridized carbons (Fsp3) is 0.385. The van der Waals surface area contributed by atoms with Gasteiger partial charge in [0.2, 0.25) is 5.91 Å². The van der Waals surface area contributed by atoms with E-state index in [4.69, 9.17) is 11.5 Å². The molecule has 0 unspecified atom stereocenters. The van der Waals surface area contributed by atoms with Gasteiger partial charge in [-0.15, -0.1) is 0 Å². The van der Waals surface area contributed by atoms with E-state index in [-0.39, 0.29) is 12.3 Å². The Labute approximate surface area is 107 Å². The first-order chi connectivity index (χ1) is 8.23. The zero-order valence-corrected chi connectivity index (χ0v) is 10.9. The zero-order valence-electron chi connectivity index (χ0n) is 10.9. The van der Waals surface area contributed by atoms with Crippen LogP contribution in [0.25, 0.3) is 0 Å². The average Bonchev–Trinajstić information content (AvgIpc) is 2.13. The molecule has 1 aromatic carbocycles. The first-order valence-corrected chi connectivity index (χ1v) is 5.69. The van der Waals surface area contributed by atoms with E-state index in [9.17, 15) is 9.59 Å². The van der Waals surface area contributed by atoms with Crippen molar-refractivity contribution in [1.29, 1.82) is 0 Å². The molecule has 1 rings (SSSR count). The summed E-state index contributed by atoms with van der Waals surface area (Å²) in [6.07, 6.45) is 0.0739. The second-order valence-electron chi connectivity index (χ2n) is 5.02. The third-order valence-corrected chi connectivity index (χ3v) is 2.60. The molecule has 18 heavy (non-hydrogen) atoms. The molecule has 0 heterocycles. The van der Waals surface area contributed by atoms with E-state index in [1.807, 2.05) is 13.0 Å². The minimum atomic E-state index is -0.697. The van der Waals surface area contributed by atoms with Crippen molar-refractivity contribution < 1.29 is 9.59 Å². The van der Waals surface area contributed by atoms with Gasteiger partial charge in [0.25, 0.3) is 5.91 Å². The van der Waals surface area contributed by atoms with Crippen LogP contribution in [-0.2, 0) is 4.79 Å². The zero-order chi connectivity index (χ0) is 13.9. The molecule has 0 saturated carbocycles. The van der Waals surface area contributed by atoms with Gasteiger partial charge in [-0.05, 0) is 32.4 Å². The third kappa shape index (κ3) is 3.48. The Morgan fingerprint density at radius 3 is 2.44 bits per heavy atom. The van der Waals surface area contributed by atoms with Crippen LogP contribution in [0.5, 0.6) is 0 Å². The molecule has 2 amide bonds. The van der Waals surface area contributed by atoms with Crippen molar-refractivity contribution in [3.63, 3.8) is 0 Å². The second-order valence-corrected chi connectivity index (χ2v) is 5.02. The number of carbonyl (C=O) groups is 2. The maximum atomic E-state index is 12.1. The molecule has 0 atom stereocenters. The fourth-order valence-electron chi connectivity index (χ4n) is 1.85. The van der Waals surface area contributed by atoms with Crippen LogP contribution in [0, 0.1) is 6.92 Å². The van der Waals surface area contributed by atoms with Crippen LogP contribution < -0.4 is 16.8 Å². The minimum absolute atomic E-state index is 0.0739. The summed E-state index contributed by atoms with van der Waals surface area (Å²) in [6.45, 7) is 5.29. The highest BCUT2D eigenvalue weighted by Crippen LogP contribution is 2.18. The maximum Gasteiger partial charge on any atom is 0.254 e. The molecule has 0 spiro atoms. The lowest BCUT2D eigenvalue weighted by Crippen LogP contribution is -2.46. The van der Waals surface area contributed by atoms with Gasteiger partial charge in [-0.25, -0.2) is 0 Å². The number of nitrogen functional groups attached to an aromatic ring is 1. The molecule has 5 heteroatoms. The fourth-order valence-corrected chi connectivity index (χ4v) is 1.85. The van der Waals surface area contributed by atoms with Crippen LogP contribution in [0.3, 0.4) is 0 Å². The van der Waals surface area contributed by atoms with Gasteiger partial charge in [-0.3, -0.25) is 9.59 Å². The highest BCUT2D eigenvalue weighted by molar-refractivity contribution is 6.01. The summed E-state index contributed by atoms with van der Waals surface area (Å²) in [7, 11) is 0. The van der Waals surface area contributed by atoms with Crippen molar-refractivity contribution in [1.82, 2.24) is 5.32 Å². The summed E-state index contributed by atoms with van der Waals surface area (Å²) < 4.78 is 0. The van der Waals surface area contributed by atoms with Gasteiger partial charge in [0.15, 0.2) is 0 Å². The molecule has 98 valence electrons. The Balaban J connectivity index is 2.92. The Morgan fingerprint density at radius 1 is 1.33 bits per heavy atom. The van der Waals surface area contributed by atoms with E-state index in [0.717, 1.165) is 5.56 Å². The quantitative estimate of drug-likeness (QED) is 0.693. The summed E-state index contributed by atoms with van der Waals surface area (Å²) in [5, 5.41) is 2.77. The minimum Gasteiger partial charge on any atom is -0.398 e. The van der Waals surface area contributed by atoms with E-state index < -0.39 is 11.4 Å². The second kappa shape index (κ2) is 5.08. The van der Waals surface area contributed by atoms with Gasteiger partial charge in [-0.2, -0.15) is 0 Å².